The summed E-state index contributed by atoms with van der Waals surface area (Å²) < 4.78 is 1.71. The van der Waals surface area contributed by atoms with Crippen LogP contribution in [0.4, 0.5) is 0 Å². The van der Waals surface area contributed by atoms with Gasteiger partial charge in [0.05, 0.1) is 17.2 Å². The van der Waals surface area contributed by atoms with Crippen LogP contribution in [0, 0.1) is 16.7 Å². The second-order valence-electron chi connectivity index (χ2n) is 4.87. The van der Waals surface area contributed by atoms with Crippen LogP contribution in [0.15, 0.2) is 6.20 Å². The molecule has 1 aliphatic rings. The fourth-order valence-corrected chi connectivity index (χ4v) is 2.56. The number of rotatable bonds is 2. The van der Waals surface area contributed by atoms with Gasteiger partial charge in [0.25, 0.3) is 0 Å². The Bertz CT molecular complexity index is 380. The summed E-state index contributed by atoms with van der Waals surface area (Å²) in [4.78, 5) is 0. The maximum Gasteiger partial charge on any atom is 0.0842 e. The molecule has 4 heteroatoms. The predicted molar refractivity (Wildman–Crippen MR) is 60.5 cm³/mol. The highest BCUT2D eigenvalue weighted by Gasteiger charge is 2.32. The van der Waals surface area contributed by atoms with Crippen LogP contribution >= 0.6 is 0 Å². The van der Waals surface area contributed by atoms with E-state index in [0.717, 1.165) is 25.0 Å². The summed E-state index contributed by atoms with van der Waals surface area (Å²) in [6.07, 6.45) is 9.59. The first kappa shape index (κ1) is 11.1. The van der Waals surface area contributed by atoms with Crippen molar-refractivity contribution >= 4 is 0 Å². The molecule has 0 N–H and O–H groups in total. The second kappa shape index (κ2) is 4.65. The molecule has 4 nitrogen and oxygen atoms in total. The fraction of sp³-hybridized carbons (Fsp3) is 0.750. The first-order chi connectivity index (χ1) is 7.74. The molecule has 0 spiro atoms. The third kappa shape index (κ3) is 2.41. The normalized spacial score (nSPS) is 20.0. The lowest BCUT2D eigenvalue weighted by Crippen LogP contribution is -2.21. The average Bonchev–Trinajstić information content (AvgIpc) is 2.54. The maximum absolute atomic E-state index is 9.43. The van der Waals surface area contributed by atoms with E-state index in [1.807, 2.05) is 13.2 Å². The van der Waals surface area contributed by atoms with Gasteiger partial charge >= 0.3 is 0 Å². The number of hydrogen-bond donors (Lipinski definition) is 0. The van der Waals surface area contributed by atoms with Crippen molar-refractivity contribution in [2.75, 3.05) is 0 Å². The Morgan fingerprint density at radius 2 is 2.06 bits per heavy atom. The highest BCUT2D eigenvalue weighted by molar-refractivity contribution is 5.08. The smallest absolute Gasteiger partial charge is 0.0842 e. The Morgan fingerprint density at radius 3 is 2.56 bits per heavy atom. The quantitative estimate of drug-likeness (QED) is 0.715. The van der Waals surface area contributed by atoms with E-state index in [4.69, 9.17) is 0 Å². The largest absolute Gasteiger partial charge is 0.255 e. The number of aryl methyl sites for hydroxylation is 1. The van der Waals surface area contributed by atoms with Gasteiger partial charge in [0, 0.05) is 19.7 Å². The lowest BCUT2D eigenvalue weighted by Gasteiger charge is -2.23. The van der Waals surface area contributed by atoms with Crippen molar-refractivity contribution in [3.05, 3.63) is 11.9 Å². The van der Waals surface area contributed by atoms with Crippen LogP contribution in [0.25, 0.3) is 0 Å². The molecule has 2 rings (SSSR count). The van der Waals surface area contributed by atoms with E-state index < -0.39 is 0 Å². The predicted octanol–water partition coefficient (Wildman–Crippen LogP) is 2.22. The molecule has 0 saturated heterocycles. The van der Waals surface area contributed by atoms with Crippen LogP contribution in [-0.2, 0) is 13.5 Å². The Hall–Kier alpha value is -1.37. The van der Waals surface area contributed by atoms with Crippen LogP contribution in [0.1, 0.15) is 44.2 Å². The van der Waals surface area contributed by atoms with Gasteiger partial charge in [-0.3, -0.25) is 4.68 Å². The number of nitrogens with zero attached hydrogens (tertiary/aromatic N) is 4. The van der Waals surface area contributed by atoms with Crippen LogP contribution in [0.2, 0.25) is 0 Å². The van der Waals surface area contributed by atoms with Gasteiger partial charge in [0.2, 0.25) is 0 Å². The lowest BCUT2D eigenvalue weighted by atomic mass is 9.78. The van der Waals surface area contributed by atoms with Gasteiger partial charge in [-0.25, -0.2) is 0 Å². The number of hydrogen-bond acceptors (Lipinski definition) is 3. The number of aromatic nitrogens is 3. The average molecular weight is 218 g/mol. The Morgan fingerprint density at radius 1 is 1.38 bits per heavy atom. The van der Waals surface area contributed by atoms with Gasteiger partial charge in [-0.2, -0.15) is 5.26 Å². The lowest BCUT2D eigenvalue weighted by molar-refractivity contribution is 0.335. The van der Waals surface area contributed by atoms with E-state index in [2.05, 4.69) is 16.4 Å². The van der Waals surface area contributed by atoms with E-state index in [-0.39, 0.29) is 5.41 Å². The van der Waals surface area contributed by atoms with Crippen molar-refractivity contribution in [1.82, 2.24) is 15.0 Å². The zero-order valence-electron chi connectivity index (χ0n) is 9.82. The van der Waals surface area contributed by atoms with Crippen molar-refractivity contribution in [2.24, 2.45) is 12.5 Å². The molecule has 0 unspecified atom stereocenters. The van der Waals surface area contributed by atoms with Crippen LogP contribution in [-0.4, -0.2) is 15.0 Å². The van der Waals surface area contributed by atoms with Gasteiger partial charge in [-0.15, -0.1) is 5.10 Å². The molecule has 1 aliphatic carbocycles. The monoisotopic (exact) mass is 218 g/mol. The van der Waals surface area contributed by atoms with Crippen molar-refractivity contribution < 1.29 is 0 Å². The first-order valence-corrected chi connectivity index (χ1v) is 6.01. The van der Waals surface area contributed by atoms with E-state index in [0.29, 0.717) is 0 Å². The molecule has 0 amide bonds. The highest BCUT2D eigenvalue weighted by atomic mass is 15.4. The Labute approximate surface area is 96.3 Å². The van der Waals surface area contributed by atoms with Crippen LogP contribution < -0.4 is 0 Å². The van der Waals surface area contributed by atoms with Crippen molar-refractivity contribution in [1.29, 1.82) is 5.26 Å². The van der Waals surface area contributed by atoms with Gasteiger partial charge in [0.1, 0.15) is 0 Å². The maximum atomic E-state index is 9.43. The minimum absolute atomic E-state index is 0.188. The molecular formula is C12H18N4. The van der Waals surface area contributed by atoms with Gasteiger partial charge < -0.3 is 0 Å². The molecule has 1 fully saturated rings. The summed E-state index contributed by atoms with van der Waals surface area (Å²) in [5.74, 6) is 0. The summed E-state index contributed by atoms with van der Waals surface area (Å²) in [5.41, 5.74) is 0.762. The van der Waals surface area contributed by atoms with Crippen molar-refractivity contribution in [2.45, 2.75) is 44.9 Å². The van der Waals surface area contributed by atoms with E-state index >= 15 is 0 Å². The van der Waals surface area contributed by atoms with E-state index in [9.17, 15) is 5.26 Å². The van der Waals surface area contributed by atoms with Gasteiger partial charge in [0.15, 0.2) is 0 Å². The topological polar surface area (TPSA) is 54.5 Å². The molecule has 1 aromatic heterocycles. The SMILES string of the molecule is Cn1cc(CC2(C#N)CCCCCC2)nn1. The summed E-state index contributed by atoms with van der Waals surface area (Å²) in [6.45, 7) is 0. The van der Waals surface area contributed by atoms with Crippen molar-refractivity contribution in [3.63, 3.8) is 0 Å². The third-order valence-electron chi connectivity index (χ3n) is 3.47. The first-order valence-electron chi connectivity index (χ1n) is 6.01. The molecule has 0 atom stereocenters. The van der Waals surface area contributed by atoms with Crippen molar-refractivity contribution in [3.8, 4) is 6.07 Å². The standard InChI is InChI=1S/C12H18N4/c1-16-9-11(14-15-16)8-12(10-13)6-4-2-3-5-7-12/h9H,2-8H2,1H3. The molecule has 1 aromatic rings. The van der Waals surface area contributed by atoms with E-state index in [1.165, 1.54) is 25.7 Å². The summed E-state index contributed by atoms with van der Waals surface area (Å²) in [7, 11) is 1.86. The molecule has 0 aliphatic heterocycles. The number of nitriles is 1. The zero-order chi connectivity index (χ0) is 11.4. The van der Waals surface area contributed by atoms with Gasteiger partial charge in [-0.05, 0) is 12.8 Å². The molecule has 1 saturated carbocycles. The molecule has 16 heavy (non-hydrogen) atoms. The Balaban J connectivity index is 2.12. The molecule has 0 aromatic carbocycles. The minimum atomic E-state index is -0.188. The summed E-state index contributed by atoms with van der Waals surface area (Å²) in [5, 5.41) is 17.5. The molecule has 86 valence electrons. The fourth-order valence-electron chi connectivity index (χ4n) is 2.56. The third-order valence-corrected chi connectivity index (χ3v) is 3.47. The van der Waals surface area contributed by atoms with Gasteiger partial charge in [-0.1, -0.05) is 30.9 Å². The van der Waals surface area contributed by atoms with E-state index in [1.54, 1.807) is 4.68 Å². The summed E-state index contributed by atoms with van der Waals surface area (Å²) in [6, 6.07) is 2.54. The highest BCUT2D eigenvalue weighted by Crippen LogP contribution is 2.36. The zero-order valence-corrected chi connectivity index (χ0v) is 9.82. The summed E-state index contributed by atoms with van der Waals surface area (Å²) >= 11 is 0. The molecule has 1 heterocycles. The van der Waals surface area contributed by atoms with Crippen LogP contribution in [0.5, 0.6) is 0 Å². The molecule has 0 radical (unpaired) electrons. The Kier molecular flexibility index (Phi) is 3.23. The molecule has 0 bridgehead atoms. The second-order valence-corrected chi connectivity index (χ2v) is 4.87. The van der Waals surface area contributed by atoms with Crippen LogP contribution in [0.3, 0.4) is 0 Å². The minimum Gasteiger partial charge on any atom is -0.255 e. The molecular weight excluding hydrogens is 200 g/mol.